The van der Waals surface area contributed by atoms with Gasteiger partial charge in [0.2, 0.25) is 6.10 Å². The highest BCUT2D eigenvalue weighted by Crippen LogP contribution is 2.60. The van der Waals surface area contributed by atoms with Gasteiger partial charge in [-0.3, -0.25) is 4.79 Å². The lowest BCUT2D eigenvalue weighted by atomic mass is 10.1. The van der Waals surface area contributed by atoms with E-state index in [1.54, 1.807) is 44.2 Å². The molecule has 0 spiro atoms. The number of alkyl halides is 3. The number of carbonyl (C=O) groups excluding carboxylic acids is 1. The molecule has 2 aromatic rings. The van der Waals surface area contributed by atoms with Gasteiger partial charge in [-0.1, -0.05) is 67.4 Å². The summed E-state index contributed by atoms with van der Waals surface area (Å²) >= 11 is 11.3. The first-order chi connectivity index (χ1) is 14.0. The smallest absolute Gasteiger partial charge is 0.429 e. The minimum Gasteiger partial charge on any atom is -0.457 e. The molecule has 0 heterocycles. The monoisotopic (exact) mass is 458 g/mol. The minimum absolute atomic E-state index is 0.0403. The van der Waals surface area contributed by atoms with Crippen LogP contribution in [0.4, 0.5) is 13.2 Å². The molecule has 0 aromatic heterocycles. The highest BCUT2D eigenvalue weighted by atomic mass is 35.5. The molecule has 3 nitrogen and oxygen atoms in total. The van der Waals surface area contributed by atoms with Crippen molar-refractivity contribution in [1.82, 2.24) is 0 Å². The topological polar surface area (TPSA) is 35.5 Å². The van der Waals surface area contributed by atoms with Crippen LogP contribution in [0.1, 0.15) is 25.5 Å². The van der Waals surface area contributed by atoms with Crippen molar-refractivity contribution in [3.63, 3.8) is 0 Å². The van der Waals surface area contributed by atoms with Crippen LogP contribution in [0.3, 0.4) is 0 Å². The van der Waals surface area contributed by atoms with Crippen LogP contribution in [-0.4, -0.2) is 12.1 Å². The first-order valence-electron chi connectivity index (χ1n) is 9.13. The Bertz CT molecular complexity index is 938. The fourth-order valence-corrected chi connectivity index (χ4v) is 3.73. The Hall–Kier alpha value is -2.18. The van der Waals surface area contributed by atoms with Gasteiger partial charge in [0.15, 0.2) is 0 Å². The summed E-state index contributed by atoms with van der Waals surface area (Å²) in [5.41, 5.74) is -0.828. The van der Waals surface area contributed by atoms with Gasteiger partial charge in [0.05, 0.1) is 5.92 Å². The van der Waals surface area contributed by atoms with E-state index < -0.39 is 35.5 Å². The Balaban J connectivity index is 1.81. The molecule has 0 aliphatic heterocycles. The minimum atomic E-state index is -4.80. The summed E-state index contributed by atoms with van der Waals surface area (Å²) < 4.78 is 51.7. The average Bonchev–Trinajstić information content (AvgIpc) is 3.19. The van der Waals surface area contributed by atoms with E-state index in [2.05, 4.69) is 0 Å². The van der Waals surface area contributed by atoms with Crippen LogP contribution in [0.5, 0.6) is 11.5 Å². The van der Waals surface area contributed by atoms with Crippen LogP contribution in [0, 0.1) is 17.3 Å². The average molecular weight is 459 g/mol. The van der Waals surface area contributed by atoms with Crippen LogP contribution in [0.15, 0.2) is 65.2 Å². The van der Waals surface area contributed by atoms with E-state index in [1.165, 1.54) is 30.3 Å². The van der Waals surface area contributed by atoms with Crippen LogP contribution in [0.25, 0.3) is 0 Å². The van der Waals surface area contributed by atoms with Gasteiger partial charge in [-0.05, 0) is 41.7 Å². The van der Waals surface area contributed by atoms with E-state index in [0.717, 1.165) is 0 Å². The Morgan fingerprint density at radius 1 is 1.07 bits per heavy atom. The number of benzene rings is 2. The van der Waals surface area contributed by atoms with E-state index in [0.29, 0.717) is 5.75 Å². The Morgan fingerprint density at radius 2 is 1.70 bits per heavy atom. The molecule has 30 heavy (non-hydrogen) atoms. The second-order valence-electron chi connectivity index (χ2n) is 7.63. The summed E-state index contributed by atoms with van der Waals surface area (Å²) in [5, 5.41) is 0. The molecule has 0 N–H and O–H groups in total. The number of hydrogen-bond donors (Lipinski definition) is 0. The summed E-state index contributed by atoms with van der Waals surface area (Å²) in [6, 6.07) is 14.0. The highest BCUT2D eigenvalue weighted by molar-refractivity contribution is 6.55. The number of ether oxygens (including phenoxy) is 2. The predicted molar refractivity (Wildman–Crippen MR) is 108 cm³/mol. The van der Waals surface area contributed by atoms with Gasteiger partial charge in [0, 0.05) is 5.56 Å². The van der Waals surface area contributed by atoms with Crippen LogP contribution in [-0.2, 0) is 9.53 Å². The molecule has 8 heteroatoms. The highest BCUT2D eigenvalue weighted by Gasteiger charge is 2.62. The number of esters is 1. The van der Waals surface area contributed by atoms with Crippen molar-refractivity contribution < 1.29 is 27.4 Å². The maximum absolute atomic E-state index is 13.7. The molecule has 1 aliphatic carbocycles. The zero-order chi connectivity index (χ0) is 22.1. The maximum Gasteiger partial charge on any atom is 0.429 e. The number of para-hydroxylation sites is 1. The van der Waals surface area contributed by atoms with Gasteiger partial charge in [0.25, 0.3) is 0 Å². The SMILES string of the molecule is CC1(C)C(C=C(Cl)Cl)C1C(=O)OC(c1cccc(Oc2ccccc2)c1)C(F)(F)F. The summed E-state index contributed by atoms with van der Waals surface area (Å²) in [6.45, 7) is 3.49. The van der Waals surface area contributed by atoms with Gasteiger partial charge < -0.3 is 9.47 Å². The zero-order valence-electron chi connectivity index (χ0n) is 16.1. The largest absolute Gasteiger partial charge is 0.457 e. The van der Waals surface area contributed by atoms with E-state index >= 15 is 0 Å². The predicted octanol–water partition coefficient (Wildman–Crippen LogP) is 7.22. The lowest BCUT2D eigenvalue weighted by Gasteiger charge is -2.22. The normalized spacial score (nSPS) is 20.8. The number of rotatable bonds is 6. The Labute approximate surface area is 182 Å². The van der Waals surface area contributed by atoms with E-state index in [-0.39, 0.29) is 15.8 Å². The molecule has 3 rings (SSSR count). The van der Waals surface area contributed by atoms with Crippen molar-refractivity contribution in [2.45, 2.75) is 26.1 Å². The van der Waals surface area contributed by atoms with Gasteiger partial charge >= 0.3 is 12.1 Å². The quantitative estimate of drug-likeness (QED) is 0.428. The number of allylic oxidation sites excluding steroid dienone is 1. The van der Waals surface area contributed by atoms with Crippen molar-refractivity contribution in [2.75, 3.05) is 0 Å². The van der Waals surface area contributed by atoms with E-state index in [1.807, 2.05) is 0 Å². The van der Waals surface area contributed by atoms with Crippen LogP contribution >= 0.6 is 23.2 Å². The summed E-state index contributed by atoms with van der Waals surface area (Å²) in [7, 11) is 0. The molecule has 0 radical (unpaired) electrons. The molecule has 160 valence electrons. The van der Waals surface area contributed by atoms with Crippen molar-refractivity contribution in [3.8, 4) is 11.5 Å². The molecule has 2 aromatic carbocycles. The van der Waals surface area contributed by atoms with E-state index in [9.17, 15) is 18.0 Å². The van der Waals surface area contributed by atoms with Crippen LogP contribution in [0.2, 0.25) is 0 Å². The molecule has 3 unspecified atom stereocenters. The first-order valence-corrected chi connectivity index (χ1v) is 9.88. The van der Waals surface area contributed by atoms with E-state index in [4.69, 9.17) is 32.7 Å². The van der Waals surface area contributed by atoms with Gasteiger partial charge in [0.1, 0.15) is 16.0 Å². The molecule has 0 saturated heterocycles. The van der Waals surface area contributed by atoms with Crippen molar-refractivity contribution in [1.29, 1.82) is 0 Å². The van der Waals surface area contributed by atoms with Crippen molar-refractivity contribution >= 4 is 29.2 Å². The third-order valence-corrected chi connectivity index (χ3v) is 5.39. The molecule has 0 amide bonds. The first kappa shape index (κ1) is 22.5. The fourth-order valence-electron chi connectivity index (χ4n) is 3.45. The molecular weight excluding hydrogens is 440 g/mol. The molecular formula is C22H19Cl2F3O3. The number of halogens is 5. The Kier molecular flexibility index (Phi) is 6.39. The third kappa shape index (κ3) is 5.10. The molecule has 0 bridgehead atoms. The van der Waals surface area contributed by atoms with Gasteiger partial charge in [-0.2, -0.15) is 13.2 Å². The Morgan fingerprint density at radius 3 is 2.30 bits per heavy atom. The lowest BCUT2D eigenvalue weighted by molar-refractivity contribution is -0.225. The summed E-state index contributed by atoms with van der Waals surface area (Å²) in [4.78, 5) is 12.6. The second kappa shape index (κ2) is 8.52. The molecule has 3 atom stereocenters. The second-order valence-corrected chi connectivity index (χ2v) is 8.64. The molecule has 1 saturated carbocycles. The maximum atomic E-state index is 13.7. The number of carbonyl (C=O) groups is 1. The lowest BCUT2D eigenvalue weighted by Crippen LogP contribution is -2.27. The number of hydrogen-bond acceptors (Lipinski definition) is 3. The molecule has 1 aliphatic rings. The fraction of sp³-hybridized carbons (Fsp3) is 0.318. The standard InChI is InChI=1S/C22H19Cl2F3O3/c1-21(2)16(12-17(23)24)18(21)20(28)30-19(22(25,26)27)13-7-6-10-15(11-13)29-14-8-4-3-5-9-14/h3-12,16,18-19H,1-2H3. The van der Waals surface area contributed by atoms with Gasteiger partial charge in [-0.15, -0.1) is 0 Å². The third-order valence-electron chi connectivity index (χ3n) is 5.14. The zero-order valence-corrected chi connectivity index (χ0v) is 17.6. The van der Waals surface area contributed by atoms with Crippen molar-refractivity contribution in [2.24, 2.45) is 17.3 Å². The molecule has 1 fully saturated rings. The summed E-state index contributed by atoms with van der Waals surface area (Å²) in [6.07, 6.45) is -5.77. The van der Waals surface area contributed by atoms with Gasteiger partial charge in [-0.25, -0.2) is 0 Å². The van der Waals surface area contributed by atoms with Crippen LogP contribution < -0.4 is 4.74 Å². The van der Waals surface area contributed by atoms with Crippen molar-refractivity contribution in [3.05, 3.63) is 70.7 Å². The summed E-state index contributed by atoms with van der Waals surface area (Å²) in [5.74, 6) is -1.43.